The lowest BCUT2D eigenvalue weighted by Gasteiger charge is -2.50. The number of hydrogen-bond acceptors (Lipinski definition) is 2. The molecule has 0 N–H and O–H groups in total. The Kier molecular flexibility index (Phi) is 2.78. The molecule has 16 heavy (non-hydrogen) atoms. The first-order chi connectivity index (χ1) is 7.81. The molecule has 2 heteroatoms. The van der Waals surface area contributed by atoms with Crippen LogP contribution in [0.4, 0.5) is 0 Å². The predicted molar refractivity (Wildman–Crippen MR) is 62.3 cm³/mol. The van der Waals surface area contributed by atoms with Gasteiger partial charge in [0.15, 0.2) is 0 Å². The van der Waals surface area contributed by atoms with Crippen molar-refractivity contribution in [2.24, 2.45) is 5.41 Å². The molecule has 0 aromatic rings. The largest absolute Gasteiger partial charge is 0.373 e. The molecule has 1 spiro atoms. The molecule has 3 saturated carbocycles. The van der Waals surface area contributed by atoms with E-state index in [1.807, 2.05) is 0 Å². The zero-order valence-corrected chi connectivity index (χ0v) is 10.0. The highest BCUT2D eigenvalue weighted by molar-refractivity contribution is 5.92. The summed E-state index contributed by atoms with van der Waals surface area (Å²) in [6, 6.07) is 0. The summed E-state index contributed by atoms with van der Waals surface area (Å²) in [6.45, 7) is 0. The van der Waals surface area contributed by atoms with Crippen molar-refractivity contribution in [3.8, 4) is 0 Å². The molecular weight excluding hydrogens is 200 g/mol. The molecule has 0 aromatic carbocycles. The van der Waals surface area contributed by atoms with E-state index in [1.165, 1.54) is 44.9 Å². The molecule has 0 amide bonds. The Morgan fingerprint density at radius 3 is 2.31 bits per heavy atom. The van der Waals surface area contributed by atoms with Crippen molar-refractivity contribution in [3.63, 3.8) is 0 Å². The second kappa shape index (κ2) is 4.14. The van der Waals surface area contributed by atoms with E-state index in [-0.39, 0.29) is 11.5 Å². The Bertz CT molecular complexity index is 272. The molecular formula is C14H22O2. The van der Waals surface area contributed by atoms with E-state index >= 15 is 0 Å². The van der Waals surface area contributed by atoms with Crippen LogP contribution in [0.5, 0.6) is 0 Å². The number of ketones is 1. The zero-order valence-electron chi connectivity index (χ0n) is 10.0. The summed E-state index contributed by atoms with van der Waals surface area (Å²) in [5.74, 6) is 0.496. The van der Waals surface area contributed by atoms with Gasteiger partial charge in [0.05, 0.1) is 17.6 Å². The van der Waals surface area contributed by atoms with Crippen LogP contribution in [0.3, 0.4) is 0 Å². The van der Waals surface area contributed by atoms with Crippen molar-refractivity contribution in [1.82, 2.24) is 0 Å². The van der Waals surface area contributed by atoms with Gasteiger partial charge in [-0.15, -0.1) is 0 Å². The molecule has 1 atom stereocenters. The quantitative estimate of drug-likeness (QED) is 0.717. The van der Waals surface area contributed by atoms with Crippen molar-refractivity contribution in [3.05, 3.63) is 0 Å². The summed E-state index contributed by atoms with van der Waals surface area (Å²) in [5.41, 5.74) is -0.0269. The minimum absolute atomic E-state index is 0.0269. The zero-order chi connectivity index (χ0) is 11.0. The summed E-state index contributed by atoms with van der Waals surface area (Å²) in [5, 5.41) is 0. The molecule has 1 unspecified atom stereocenters. The maximum absolute atomic E-state index is 11.9. The van der Waals surface area contributed by atoms with Gasteiger partial charge >= 0.3 is 0 Å². The monoisotopic (exact) mass is 222 g/mol. The lowest BCUT2D eigenvalue weighted by molar-refractivity contribution is -0.177. The van der Waals surface area contributed by atoms with Gasteiger partial charge in [-0.2, -0.15) is 0 Å². The van der Waals surface area contributed by atoms with E-state index in [1.54, 1.807) is 0 Å². The average molecular weight is 222 g/mol. The standard InChI is InChI=1S/C14H22O2/c15-12-10-13(16-11-6-2-3-7-11)14(12)8-4-1-5-9-14/h11,13H,1-10H2. The minimum atomic E-state index is -0.0269. The van der Waals surface area contributed by atoms with Gasteiger partial charge in [-0.25, -0.2) is 0 Å². The number of hydrogen-bond donors (Lipinski definition) is 0. The van der Waals surface area contributed by atoms with Crippen molar-refractivity contribution in [2.45, 2.75) is 76.4 Å². The first-order valence-electron chi connectivity index (χ1n) is 7.00. The van der Waals surface area contributed by atoms with Gasteiger partial charge < -0.3 is 4.74 Å². The molecule has 0 aromatic heterocycles. The van der Waals surface area contributed by atoms with Crippen LogP contribution in [0.25, 0.3) is 0 Å². The third kappa shape index (κ3) is 1.62. The second-order valence-electron chi connectivity index (χ2n) is 5.88. The summed E-state index contributed by atoms with van der Waals surface area (Å²) in [4.78, 5) is 11.9. The van der Waals surface area contributed by atoms with Crippen LogP contribution in [-0.4, -0.2) is 18.0 Å². The van der Waals surface area contributed by atoms with Crippen molar-refractivity contribution >= 4 is 5.78 Å². The van der Waals surface area contributed by atoms with Gasteiger partial charge in [-0.3, -0.25) is 4.79 Å². The summed E-state index contributed by atoms with van der Waals surface area (Å²) < 4.78 is 6.19. The summed E-state index contributed by atoms with van der Waals surface area (Å²) in [7, 11) is 0. The van der Waals surface area contributed by atoms with Crippen molar-refractivity contribution < 1.29 is 9.53 Å². The summed E-state index contributed by atoms with van der Waals surface area (Å²) in [6.07, 6.45) is 12.5. The molecule has 0 heterocycles. The molecule has 0 saturated heterocycles. The molecule has 0 radical (unpaired) electrons. The van der Waals surface area contributed by atoms with E-state index in [4.69, 9.17) is 4.74 Å². The Hall–Kier alpha value is -0.370. The topological polar surface area (TPSA) is 26.3 Å². The highest BCUT2D eigenvalue weighted by Crippen LogP contribution is 2.51. The smallest absolute Gasteiger partial charge is 0.144 e. The van der Waals surface area contributed by atoms with Gasteiger partial charge in [0, 0.05) is 6.42 Å². The Morgan fingerprint density at radius 2 is 1.69 bits per heavy atom. The average Bonchev–Trinajstić information content (AvgIpc) is 2.83. The summed E-state index contributed by atoms with van der Waals surface area (Å²) >= 11 is 0. The molecule has 3 aliphatic carbocycles. The van der Waals surface area contributed by atoms with Gasteiger partial charge in [0.1, 0.15) is 5.78 Å². The van der Waals surface area contributed by atoms with Crippen LogP contribution in [-0.2, 0) is 9.53 Å². The minimum Gasteiger partial charge on any atom is -0.373 e. The number of Topliss-reactive ketones (excluding diaryl/α,β-unsaturated/α-hetero) is 1. The second-order valence-corrected chi connectivity index (χ2v) is 5.88. The Labute approximate surface area is 97.7 Å². The predicted octanol–water partition coefficient (Wildman–Crippen LogP) is 3.24. The van der Waals surface area contributed by atoms with Crippen LogP contribution in [0.2, 0.25) is 0 Å². The Morgan fingerprint density at radius 1 is 1.00 bits per heavy atom. The van der Waals surface area contributed by atoms with E-state index in [0.29, 0.717) is 18.3 Å². The van der Waals surface area contributed by atoms with Gasteiger partial charge in [-0.1, -0.05) is 32.1 Å². The molecule has 0 aliphatic heterocycles. The molecule has 2 nitrogen and oxygen atoms in total. The first kappa shape index (κ1) is 10.8. The van der Waals surface area contributed by atoms with Gasteiger partial charge in [-0.05, 0) is 25.7 Å². The first-order valence-corrected chi connectivity index (χ1v) is 7.00. The fraction of sp³-hybridized carbons (Fsp3) is 0.929. The SMILES string of the molecule is O=C1CC(OC2CCCC2)C12CCCCC2. The van der Waals surface area contributed by atoms with Gasteiger partial charge in [0.2, 0.25) is 0 Å². The number of rotatable bonds is 2. The molecule has 3 fully saturated rings. The maximum atomic E-state index is 11.9. The lowest BCUT2D eigenvalue weighted by atomic mass is 9.57. The molecule has 3 aliphatic rings. The fourth-order valence-electron chi connectivity index (χ4n) is 3.83. The van der Waals surface area contributed by atoms with E-state index in [0.717, 1.165) is 12.8 Å². The third-order valence-corrected chi connectivity index (χ3v) is 4.95. The maximum Gasteiger partial charge on any atom is 0.144 e. The molecule has 0 bridgehead atoms. The van der Waals surface area contributed by atoms with Crippen LogP contribution in [0, 0.1) is 5.41 Å². The molecule has 90 valence electrons. The Balaban J connectivity index is 1.64. The number of carbonyl (C=O) groups is 1. The van der Waals surface area contributed by atoms with Crippen molar-refractivity contribution in [1.29, 1.82) is 0 Å². The van der Waals surface area contributed by atoms with E-state index < -0.39 is 0 Å². The molecule has 3 rings (SSSR count). The van der Waals surface area contributed by atoms with Crippen LogP contribution in [0.1, 0.15) is 64.2 Å². The number of carbonyl (C=O) groups excluding carboxylic acids is 1. The van der Waals surface area contributed by atoms with Gasteiger partial charge in [0.25, 0.3) is 0 Å². The van der Waals surface area contributed by atoms with Crippen molar-refractivity contribution in [2.75, 3.05) is 0 Å². The van der Waals surface area contributed by atoms with E-state index in [2.05, 4.69) is 0 Å². The van der Waals surface area contributed by atoms with Crippen LogP contribution < -0.4 is 0 Å². The lowest BCUT2D eigenvalue weighted by Crippen LogP contribution is -2.57. The third-order valence-electron chi connectivity index (χ3n) is 4.95. The van der Waals surface area contributed by atoms with Crippen LogP contribution >= 0.6 is 0 Å². The van der Waals surface area contributed by atoms with E-state index in [9.17, 15) is 4.79 Å². The van der Waals surface area contributed by atoms with Crippen LogP contribution in [0.15, 0.2) is 0 Å². The normalized spacial score (nSPS) is 34.2. The fourth-order valence-corrected chi connectivity index (χ4v) is 3.83. The number of ether oxygens (including phenoxy) is 1. The highest BCUT2D eigenvalue weighted by atomic mass is 16.5. The highest BCUT2D eigenvalue weighted by Gasteiger charge is 2.55.